The molecule has 0 radical (unpaired) electrons. The van der Waals surface area contributed by atoms with Crippen LogP contribution in [0.15, 0.2) is 0 Å². The molecule has 0 bridgehead atoms. The summed E-state index contributed by atoms with van der Waals surface area (Å²) in [5.74, 6) is 5.64. The monoisotopic (exact) mass is 200 g/mol. The number of carbonyl (C=O) groups excluding carboxylic acids is 1. The summed E-state index contributed by atoms with van der Waals surface area (Å²) < 4.78 is 5.46. The normalized spacial score (nSPS) is 18.7. The first kappa shape index (κ1) is 11.5. The second-order valence-electron chi connectivity index (χ2n) is 3.86. The second-order valence-corrected chi connectivity index (χ2v) is 3.86. The topological polar surface area (TPSA) is 64.3 Å². The number of nitrogens with one attached hydrogen (secondary N) is 1. The molecule has 0 aromatic rings. The summed E-state index contributed by atoms with van der Waals surface area (Å²) in [5, 5.41) is 0. The SMILES string of the molecule is CCC(OCCC1CCC1)C(=O)NN. The van der Waals surface area contributed by atoms with Crippen LogP contribution >= 0.6 is 0 Å². The molecule has 0 aromatic heterocycles. The Labute approximate surface area is 85.2 Å². The fourth-order valence-electron chi connectivity index (χ4n) is 1.63. The zero-order valence-electron chi connectivity index (χ0n) is 8.79. The fourth-order valence-corrected chi connectivity index (χ4v) is 1.63. The molecular weight excluding hydrogens is 180 g/mol. The van der Waals surface area contributed by atoms with Gasteiger partial charge in [0.1, 0.15) is 6.10 Å². The summed E-state index contributed by atoms with van der Waals surface area (Å²) in [7, 11) is 0. The predicted molar refractivity (Wildman–Crippen MR) is 54.3 cm³/mol. The van der Waals surface area contributed by atoms with Crippen molar-refractivity contribution in [1.29, 1.82) is 0 Å². The average molecular weight is 200 g/mol. The summed E-state index contributed by atoms with van der Waals surface area (Å²) in [6.45, 7) is 2.60. The zero-order chi connectivity index (χ0) is 10.4. The summed E-state index contributed by atoms with van der Waals surface area (Å²) in [6, 6.07) is 0. The molecule has 1 saturated carbocycles. The number of hydrogen-bond donors (Lipinski definition) is 2. The van der Waals surface area contributed by atoms with Gasteiger partial charge in [0.05, 0.1) is 0 Å². The van der Waals surface area contributed by atoms with Gasteiger partial charge in [0.15, 0.2) is 0 Å². The first-order valence-electron chi connectivity index (χ1n) is 5.40. The maximum absolute atomic E-state index is 11.1. The first-order chi connectivity index (χ1) is 6.77. The smallest absolute Gasteiger partial charge is 0.262 e. The maximum atomic E-state index is 11.1. The summed E-state index contributed by atoms with van der Waals surface area (Å²) >= 11 is 0. The van der Waals surface area contributed by atoms with Crippen molar-refractivity contribution in [3.05, 3.63) is 0 Å². The molecule has 14 heavy (non-hydrogen) atoms. The van der Waals surface area contributed by atoms with Gasteiger partial charge in [-0.3, -0.25) is 10.2 Å². The Kier molecular flexibility index (Phi) is 4.90. The van der Waals surface area contributed by atoms with Gasteiger partial charge in [0.25, 0.3) is 5.91 Å². The van der Waals surface area contributed by atoms with E-state index in [-0.39, 0.29) is 12.0 Å². The number of ether oxygens (including phenoxy) is 1. The molecular formula is C10H20N2O2. The molecule has 3 N–H and O–H groups in total. The largest absolute Gasteiger partial charge is 0.368 e. The van der Waals surface area contributed by atoms with Crippen LogP contribution in [-0.2, 0) is 9.53 Å². The lowest BCUT2D eigenvalue weighted by molar-refractivity contribution is -0.133. The van der Waals surface area contributed by atoms with Crippen LogP contribution in [0.5, 0.6) is 0 Å². The molecule has 1 amide bonds. The van der Waals surface area contributed by atoms with Gasteiger partial charge in [-0.1, -0.05) is 26.2 Å². The Bertz CT molecular complexity index is 181. The zero-order valence-corrected chi connectivity index (χ0v) is 8.79. The Morgan fingerprint density at radius 3 is 2.79 bits per heavy atom. The third-order valence-electron chi connectivity index (χ3n) is 2.88. The predicted octanol–water partition coefficient (Wildman–Crippen LogP) is 0.962. The van der Waals surface area contributed by atoms with Gasteiger partial charge in [-0.25, -0.2) is 5.84 Å². The van der Waals surface area contributed by atoms with Crippen molar-refractivity contribution in [3.8, 4) is 0 Å². The highest BCUT2D eigenvalue weighted by Gasteiger charge is 2.19. The van der Waals surface area contributed by atoms with E-state index in [1.54, 1.807) is 0 Å². The van der Waals surface area contributed by atoms with E-state index in [2.05, 4.69) is 5.43 Å². The van der Waals surface area contributed by atoms with E-state index in [4.69, 9.17) is 10.6 Å². The van der Waals surface area contributed by atoms with E-state index >= 15 is 0 Å². The molecule has 4 heteroatoms. The minimum absolute atomic E-state index is 0.221. The number of hydrogen-bond acceptors (Lipinski definition) is 3. The van der Waals surface area contributed by atoms with Gasteiger partial charge in [-0.2, -0.15) is 0 Å². The quantitative estimate of drug-likeness (QED) is 0.381. The number of nitrogens with two attached hydrogens (primary N) is 1. The van der Waals surface area contributed by atoms with E-state index in [0.717, 1.165) is 12.3 Å². The molecule has 1 aliphatic rings. The lowest BCUT2D eigenvalue weighted by Crippen LogP contribution is -2.40. The summed E-state index contributed by atoms with van der Waals surface area (Å²) in [6.07, 6.45) is 5.37. The molecule has 0 aromatic carbocycles. The Balaban J connectivity index is 2.09. The van der Waals surface area contributed by atoms with Crippen molar-refractivity contribution < 1.29 is 9.53 Å². The average Bonchev–Trinajstić information content (AvgIpc) is 2.14. The molecule has 0 saturated heterocycles. The van der Waals surface area contributed by atoms with Gasteiger partial charge >= 0.3 is 0 Å². The highest BCUT2D eigenvalue weighted by atomic mass is 16.5. The first-order valence-corrected chi connectivity index (χ1v) is 5.40. The van der Waals surface area contributed by atoms with Crippen LogP contribution in [0.1, 0.15) is 39.0 Å². The van der Waals surface area contributed by atoms with E-state index in [1.165, 1.54) is 19.3 Å². The molecule has 0 aliphatic heterocycles. The van der Waals surface area contributed by atoms with Crippen molar-refractivity contribution in [2.75, 3.05) is 6.61 Å². The Hall–Kier alpha value is -0.610. The molecule has 1 unspecified atom stereocenters. The van der Waals surface area contributed by atoms with Crippen molar-refractivity contribution in [3.63, 3.8) is 0 Å². The minimum atomic E-state index is -0.375. The highest BCUT2D eigenvalue weighted by molar-refractivity contribution is 5.79. The third kappa shape index (κ3) is 3.27. The standard InChI is InChI=1S/C10H20N2O2/c1-2-9(10(13)12-11)14-7-6-8-4-3-5-8/h8-9H,2-7,11H2,1H3,(H,12,13). The van der Waals surface area contributed by atoms with Crippen LogP contribution in [0.25, 0.3) is 0 Å². The lowest BCUT2D eigenvalue weighted by Gasteiger charge is -2.25. The lowest BCUT2D eigenvalue weighted by atomic mass is 9.83. The molecule has 1 atom stereocenters. The van der Waals surface area contributed by atoms with E-state index in [1.807, 2.05) is 6.92 Å². The van der Waals surface area contributed by atoms with Crippen molar-refractivity contribution in [2.45, 2.75) is 45.1 Å². The number of rotatable bonds is 6. The molecule has 1 rings (SSSR count). The maximum Gasteiger partial charge on any atom is 0.262 e. The van der Waals surface area contributed by atoms with Gasteiger partial charge < -0.3 is 4.74 Å². The van der Waals surface area contributed by atoms with Crippen LogP contribution < -0.4 is 11.3 Å². The van der Waals surface area contributed by atoms with E-state index in [0.29, 0.717) is 13.0 Å². The molecule has 1 aliphatic carbocycles. The van der Waals surface area contributed by atoms with Gasteiger partial charge in [-0.15, -0.1) is 0 Å². The van der Waals surface area contributed by atoms with Crippen LogP contribution in [0.3, 0.4) is 0 Å². The van der Waals surface area contributed by atoms with Crippen LogP contribution in [-0.4, -0.2) is 18.6 Å². The highest BCUT2D eigenvalue weighted by Crippen LogP contribution is 2.29. The van der Waals surface area contributed by atoms with E-state index in [9.17, 15) is 4.79 Å². The van der Waals surface area contributed by atoms with Crippen LogP contribution in [0, 0.1) is 5.92 Å². The number of amides is 1. The van der Waals surface area contributed by atoms with Crippen molar-refractivity contribution in [1.82, 2.24) is 5.43 Å². The third-order valence-corrected chi connectivity index (χ3v) is 2.88. The van der Waals surface area contributed by atoms with Crippen LogP contribution in [0.2, 0.25) is 0 Å². The van der Waals surface area contributed by atoms with Gasteiger partial charge in [0, 0.05) is 6.61 Å². The van der Waals surface area contributed by atoms with Gasteiger partial charge in [0.2, 0.25) is 0 Å². The second kappa shape index (κ2) is 5.98. The Morgan fingerprint density at radius 1 is 1.64 bits per heavy atom. The molecule has 0 heterocycles. The summed E-state index contributed by atoms with van der Waals surface area (Å²) in [4.78, 5) is 11.1. The van der Waals surface area contributed by atoms with Crippen LogP contribution in [0.4, 0.5) is 0 Å². The Morgan fingerprint density at radius 2 is 2.36 bits per heavy atom. The number of hydrazine groups is 1. The van der Waals surface area contributed by atoms with Crippen molar-refractivity contribution >= 4 is 5.91 Å². The molecule has 0 spiro atoms. The van der Waals surface area contributed by atoms with E-state index < -0.39 is 0 Å². The number of carbonyl (C=O) groups is 1. The minimum Gasteiger partial charge on any atom is -0.368 e. The molecule has 4 nitrogen and oxygen atoms in total. The molecule has 82 valence electrons. The fraction of sp³-hybridized carbons (Fsp3) is 0.900. The molecule has 1 fully saturated rings. The van der Waals surface area contributed by atoms with Gasteiger partial charge in [-0.05, 0) is 18.8 Å². The van der Waals surface area contributed by atoms with Crippen molar-refractivity contribution in [2.24, 2.45) is 11.8 Å². The summed E-state index contributed by atoms with van der Waals surface area (Å²) in [5.41, 5.74) is 2.12.